The number of amides is 4. The molecule has 0 fully saturated rings. The standard InChI is InChI=1S/C32H45N7O10/c1-21-29(26-5-3-11-49-26)38-39-30(21)32(43)36-22-6-7-25(44-2)24(17-22)31(42)37-23(18-46-15-16-47-19-27(34)40)8-12-45-13-14-48-20-28(41)35-10-4-9-33/h3,5-7,11,17,23H,4,8-10,12-16,18-20,33H2,1-2H3,(H2,34,40)(H,35,41)(H,36,43)(H,37,42)(H,38,39). The van der Waals surface area contributed by atoms with Gasteiger partial charge in [-0.25, -0.2) is 0 Å². The highest BCUT2D eigenvalue weighted by Crippen LogP contribution is 2.26. The number of nitrogens with two attached hydrogens (primary N) is 2. The van der Waals surface area contributed by atoms with Crippen LogP contribution in [0.2, 0.25) is 0 Å². The number of benzene rings is 1. The number of ether oxygens (including phenoxy) is 5. The number of aromatic nitrogens is 2. The lowest BCUT2D eigenvalue weighted by molar-refractivity contribution is -0.126. The predicted molar refractivity (Wildman–Crippen MR) is 177 cm³/mol. The van der Waals surface area contributed by atoms with E-state index >= 15 is 0 Å². The number of furan rings is 1. The van der Waals surface area contributed by atoms with Crippen LogP contribution in [0.15, 0.2) is 41.0 Å². The Morgan fingerprint density at radius 1 is 0.980 bits per heavy atom. The molecule has 1 unspecified atom stereocenters. The molecule has 3 rings (SSSR count). The molecule has 3 aromatic rings. The Kier molecular flexibility index (Phi) is 16.7. The van der Waals surface area contributed by atoms with E-state index in [1.165, 1.54) is 19.4 Å². The molecule has 0 aliphatic carbocycles. The molecule has 1 atom stereocenters. The molecule has 0 aliphatic rings. The number of anilines is 1. The van der Waals surface area contributed by atoms with Gasteiger partial charge in [0.2, 0.25) is 11.8 Å². The highest BCUT2D eigenvalue weighted by atomic mass is 16.5. The van der Waals surface area contributed by atoms with Crippen molar-refractivity contribution >= 4 is 29.3 Å². The molecule has 268 valence electrons. The van der Waals surface area contributed by atoms with Crippen molar-refractivity contribution < 1.29 is 47.3 Å². The maximum absolute atomic E-state index is 13.5. The van der Waals surface area contributed by atoms with Crippen molar-refractivity contribution in [2.75, 3.05) is 78.4 Å². The fourth-order valence-corrected chi connectivity index (χ4v) is 4.40. The number of aromatic amines is 1. The number of nitrogens with zero attached hydrogens (tertiary/aromatic N) is 1. The van der Waals surface area contributed by atoms with Crippen LogP contribution in [0.5, 0.6) is 5.75 Å². The van der Waals surface area contributed by atoms with E-state index in [4.69, 9.17) is 39.6 Å². The van der Waals surface area contributed by atoms with Crippen LogP contribution in [0.25, 0.3) is 11.5 Å². The van der Waals surface area contributed by atoms with E-state index in [-0.39, 0.29) is 75.8 Å². The van der Waals surface area contributed by atoms with Gasteiger partial charge in [0.25, 0.3) is 11.8 Å². The molecule has 0 spiro atoms. The molecule has 0 saturated carbocycles. The van der Waals surface area contributed by atoms with E-state index < -0.39 is 23.8 Å². The summed E-state index contributed by atoms with van der Waals surface area (Å²) in [6.45, 7) is 3.47. The van der Waals surface area contributed by atoms with Crippen LogP contribution in [0.4, 0.5) is 5.69 Å². The van der Waals surface area contributed by atoms with Crippen LogP contribution in [-0.4, -0.2) is 113 Å². The van der Waals surface area contributed by atoms with Gasteiger partial charge in [-0.3, -0.25) is 24.3 Å². The minimum atomic E-state index is -0.594. The van der Waals surface area contributed by atoms with Crippen molar-refractivity contribution in [2.45, 2.75) is 25.8 Å². The highest BCUT2D eigenvalue weighted by molar-refractivity contribution is 6.06. The summed E-state index contributed by atoms with van der Waals surface area (Å²) >= 11 is 0. The molecule has 8 N–H and O–H groups in total. The quantitative estimate of drug-likeness (QED) is 0.0715. The fraction of sp³-hybridized carbons (Fsp3) is 0.469. The third-order valence-electron chi connectivity index (χ3n) is 6.88. The number of carbonyl (C=O) groups is 4. The van der Waals surface area contributed by atoms with Crippen LogP contribution in [0, 0.1) is 6.92 Å². The van der Waals surface area contributed by atoms with Crippen molar-refractivity contribution in [2.24, 2.45) is 11.5 Å². The zero-order chi connectivity index (χ0) is 35.4. The molecular formula is C32H45N7O10. The summed E-state index contributed by atoms with van der Waals surface area (Å²) in [5.41, 5.74) is 12.3. The van der Waals surface area contributed by atoms with Crippen LogP contribution in [-0.2, 0) is 28.5 Å². The molecule has 0 bridgehead atoms. The summed E-state index contributed by atoms with van der Waals surface area (Å²) in [7, 11) is 1.43. The van der Waals surface area contributed by atoms with Crippen LogP contribution >= 0.6 is 0 Å². The average molecular weight is 688 g/mol. The number of hydrogen-bond donors (Lipinski definition) is 6. The summed E-state index contributed by atoms with van der Waals surface area (Å²) in [4.78, 5) is 49.2. The SMILES string of the molecule is COc1ccc(NC(=O)c2n[nH]c(-c3ccco3)c2C)cc1C(=O)NC(CCOCCOCC(=O)NCCCN)COCCOCC(N)=O. The van der Waals surface area contributed by atoms with E-state index in [9.17, 15) is 19.2 Å². The summed E-state index contributed by atoms with van der Waals surface area (Å²) < 4.78 is 32.6. The molecule has 0 aliphatic heterocycles. The van der Waals surface area contributed by atoms with Gasteiger partial charge in [-0.05, 0) is 56.6 Å². The van der Waals surface area contributed by atoms with E-state index in [0.717, 1.165) is 0 Å². The van der Waals surface area contributed by atoms with Gasteiger partial charge >= 0.3 is 0 Å². The van der Waals surface area contributed by atoms with Crippen molar-refractivity contribution in [3.8, 4) is 17.2 Å². The first kappa shape index (κ1) is 38.6. The van der Waals surface area contributed by atoms with Gasteiger partial charge in [-0.1, -0.05) is 0 Å². The summed E-state index contributed by atoms with van der Waals surface area (Å²) in [6.07, 6.45) is 2.57. The maximum atomic E-state index is 13.5. The lowest BCUT2D eigenvalue weighted by atomic mass is 10.1. The first-order valence-electron chi connectivity index (χ1n) is 15.7. The Labute approximate surface area is 283 Å². The van der Waals surface area contributed by atoms with Crippen molar-refractivity contribution in [1.29, 1.82) is 0 Å². The normalized spacial score (nSPS) is 11.6. The van der Waals surface area contributed by atoms with Gasteiger partial charge in [0.05, 0.1) is 58.0 Å². The predicted octanol–water partition coefficient (Wildman–Crippen LogP) is 0.744. The second-order valence-corrected chi connectivity index (χ2v) is 10.6. The lowest BCUT2D eigenvalue weighted by Crippen LogP contribution is -2.39. The molecule has 17 nitrogen and oxygen atoms in total. The van der Waals surface area contributed by atoms with E-state index in [1.54, 1.807) is 31.2 Å². The van der Waals surface area contributed by atoms with Gasteiger partial charge in [0, 0.05) is 24.4 Å². The third kappa shape index (κ3) is 13.3. The second kappa shape index (κ2) is 21.2. The largest absolute Gasteiger partial charge is 0.496 e. The number of H-pyrrole nitrogens is 1. The molecule has 2 aromatic heterocycles. The summed E-state index contributed by atoms with van der Waals surface area (Å²) in [6, 6.07) is 7.65. The number of methoxy groups -OCH3 is 1. The second-order valence-electron chi connectivity index (χ2n) is 10.6. The molecule has 17 heteroatoms. The summed E-state index contributed by atoms with van der Waals surface area (Å²) in [5.74, 6) is -0.965. The highest BCUT2D eigenvalue weighted by Gasteiger charge is 2.22. The number of rotatable bonds is 24. The van der Waals surface area contributed by atoms with E-state index in [1.807, 2.05) is 0 Å². The van der Waals surface area contributed by atoms with Crippen molar-refractivity contribution in [1.82, 2.24) is 20.8 Å². The minimum absolute atomic E-state index is 0.0904. The van der Waals surface area contributed by atoms with Crippen molar-refractivity contribution in [3.63, 3.8) is 0 Å². The molecule has 4 amide bonds. The van der Waals surface area contributed by atoms with Gasteiger partial charge in [0.15, 0.2) is 11.5 Å². The van der Waals surface area contributed by atoms with E-state index in [0.29, 0.717) is 48.6 Å². The fourth-order valence-electron chi connectivity index (χ4n) is 4.40. The molecule has 49 heavy (non-hydrogen) atoms. The van der Waals surface area contributed by atoms with Gasteiger partial charge in [-0.15, -0.1) is 0 Å². The summed E-state index contributed by atoms with van der Waals surface area (Å²) in [5, 5.41) is 15.4. The number of nitrogens with one attached hydrogen (secondary N) is 4. The molecule has 2 heterocycles. The molecule has 0 radical (unpaired) electrons. The zero-order valence-electron chi connectivity index (χ0n) is 27.7. The van der Waals surface area contributed by atoms with Gasteiger partial charge in [0.1, 0.15) is 24.7 Å². The van der Waals surface area contributed by atoms with Crippen LogP contribution < -0.4 is 32.2 Å². The van der Waals surface area contributed by atoms with Gasteiger partial charge < -0.3 is 55.5 Å². The third-order valence-corrected chi connectivity index (χ3v) is 6.88. The lowest BCUT2D eigenvalue weighted by Gasteiger charge is -2.20. The first-order valence-corrected chi connectivity index (χ1v) is 15.7. The number of hydrogen-bond acceptors (Lipinski definition) is 12. The maximum Gasteiger partial charge on any atom is 0.276 e. The Morgan fingerprint density at radius 3 is 2.45 bits per heavy atom. The molecule has 0 saturated heterocycles. The van der Waals surface area contributed by atoms with E-state index in [2.05, 4.69) is 26.1 Å². The van der Waals surface area contributed by atoms with Crippen LogP contribution in [0.3, 0.4) is 0 Å². The topological polar surface area (TPSA) is 244 Å². The molecular weight excluding hydrogens is 642 g/mol. The number of carbonyl (C=O) groups excluding carboxylic acids is 4. The Morgan fingerprint density at radius 2 is 1.73 bits per heavy atom. The Hall–Kier alpha value is -4.81. The molecule has 1 aromatic carbocycles. The monoisotopic (exact) mass is 687 g/mol. The average Bonchev–Trinajstić information content (AvgIpc) is 3.75. The van der Waals surface area contributed by atoms with Gasteiger partial charge in [-0.2, -0.15) is 5.10 Å². The Balaban J connectivity index is 1.58. The Bertz CT molecular complexity index is 1480. The first-order chi connectivity index (χ1) is 23.7. The number of primary amides is 1. The zero-order valence-corrected chi connectivity index (χ0v) is 27.7. The smallest absolute Gasteiger partial charge is 0.276 e. The van der Waals surface area contributed by atoms with Crippen molar-refractivity contribution in [3.05, 3.63) is 53.4 Å². The van der Waals surface area contributed by atoms with Crippen LogP contribution in [0.1, 0.15) is 39.3 Å². The minimum Gasteiger partial charge on any atom is -0.496 e.